The standard InChI is InChI=1S/C28H31F3N6O/c1-27(18-37(24-14-32-19-33-15-24)17-21-5-3-4-6-25(21)27)26(38)34-23-12-20(11-22(13-23)28(29,30)31)16-36-9-7-35(2)8-10-36/h3-6,11-15,19H,7-10,16-18H2,1-2H3,(H,34,38). The first-order chi connectivity index (χ1) is 18.1. The number of nitrogens with one attached hydrogen (secondary N) is 1. The van der Waals surface area contributed by atoms with E-state index in [0.29, 0.717) is 25.2 Å². The number of alkyl halides is 3. The quantitative estimate of drug-likeness (QED) is 0.541. The van der Waals surface area contributed by atoms with Gasteiger partial charge in [-0.05, 0) is 48.9 Å². The van der Waals surface area contributed by atoms with E-state index in [1.807, 2.05) is 43.1 Å². The summed E-state index contributed by atoms with van der Waals surface area (Å²) in [5.74, 6) is -0.364. The molecular formula is C28H31F3N6O. The van der Waals surface area contributed by atoms with E-state index >= 15 is 0 Å². The molecule has 0 aliphatic carbocycles. The zero-order valence-electron chi connectivity index (χ0n) is 21.5. The zero-order chi connectivity index (χ0) is 26.9. The van der Waals surface area contributed by atoms with Gasteiger partial charge in [0.15, 0.2) is 0 Å². The summed E-state index contributed by atoms with van der Waals surface area (Å²) in [6.07, 6.45) is 0.303. The van der Waals surface area contributed by atoms with Gasteiger partial charge in [-0.3, -0.25) is 9.69 Å². The first-order valence-corrected chi connectivity index (χ1v) is 12.6. The number of likely N-dealkylation sites (N-methyl/N-ethyl adjacent to an activating group) is 1. The Kier molecular flexibility index (Phi) is 7.11. The van der Waals surface area contributed by atoms with Gasteiger partial charge in [-0.2, -0.15) is 13.2 Å². The van der Waals surface area contributed by atoms with Gasteiger partial charge in [0.05, 0.1) is 29.1 Å². The van der Waals surface area contributed by atoms with E-state index in [9.17, 15) is 18.0 Å². The van der Waals surface area contributed by atoms with Crippen molar-refractivity contribution < 1.29 is 18.0 Å². The van der Waals surface area contributed by atoms with E-state index in [1.54, 1.807) is 18.5 Å². The van der Waals surface area contributed by atoms with Gasteiger partial charge in [-0.1, -0.05) is 24.3 Å². The topological polar surface area (TPSA) is 64.6 Å². The monoisotopic (exact) mass is 524 g/mol. The zero-order valence-corrected chi connectivity index (χ0v) is 21.5. The number of fused-ring (bicyclic) bond motifs is 1. The van der Waals surface area contributed by atoms with E-state index in [4.69, 9.17) is 0 Å². The first-order valence-electron chi connectivity index (χ1n) is 12.6. The van der Waals surface area contributed by atoms with Crippen LogP contribution in [0.3, 0.4) is 0 Å². The van der Waals surface area contributed by atoms with Gasteiger partial charge in [-0.15, -0.1) is 0 Å². The smallest absolute Gasteiger partial charge is 0.363 e. The van der Waals surface area contributed by atoms with Crippen molar-refractivity contribution in [2.45, 2.75) is 31.6 Å². The Balaban J connectivity index is 1.44. The van der Waals surface area contributed by atoms with Crippen LogP contribution in [0.15, 0.2) is 61.2 Å². The molecule has 10 heteroatoms. The number of rotatable bonds is 5. The van der Waals surface area contributed by atoms with E-state index in [0.717, 1.165) is 49.1 Å². The minimum atomic E-state index is -4.52. The fraction of sp³-hybridized carbons (Fsp3) is 0.393. The average Bonchev–Trinajstić information content (AvgIpc) is 2.90. The number of aromatic nitrogens is 2. The Hall–Kier alpha value is -3.50. The number of hydrogen-bond donors (Lipinski definition) is 1. The van der Waals surface area contributed by atoms with E-state index in [2.05, 4.69) is 25.1 Å². The summed E-state index contributed by atoms with van der Waals surface area (Å²) < 4.78 is 41.5. The predicted octanol–water partition coefficient (Wildman–Crippen LogP) is 4.16. The predicted molar refractivity (Wildman–Crippen MR) is 140 cm³/mol. The van der Waals surface area contributed by atoms with Gasteiger partial charge in [-0.25, -0.2) is 9.97 Å². The molecule has 2 aromatic carbocycles. The van der Waals surface area contributed by atoms with Crippen LogP contribution in [0.5, 0.6) is 0 Å². The normalized spacial score (nSPS) is 20.7. The number of nitrogens with zero attached hydrogens (tertiary/aromatic N) is 5. The highest BCUT2D eigenvalue weighted by Gasteiger charge is 2.42. The number of anilines is 2. The van der Waals surface area contributed by atoms with Gasteiger partial charge in [0.1, 0.15) is 6.33 Å². The molecule has 0 spiro atoms. The minimum Gasteiger partial charge on any atom is -0.363 e. The summed E-state index contributed by atoms with van der Waals surface area (Å²) >= 11 is 0. The second kappa shape index (κ2) is 10.3. The third-order valence-corrected chi connectivity index (χ3v) is 7.47. The molecule has 3 aromatic rings. The van der Waals surface area contributed by atoms with E-state index < -0.39 is 17.2 Å². The summed E-state index contributed by atoms with van der Waals surface area (Å²) in [6.45, 7) is 6.41. The Labute approximate surface area is 220 Å². The third-order valence-electron chi connectivity index (χ3n) is 7.47. The van der Waals surface area contributed by atoms with Crippen LogP contribution in [0.2, 0.25) is 0 Å². The highest BCUT2D eigenvalue weighted by Crippen LogP contribution is 2.38. The molecular weight excluding hydrogens is 493 g/mol. The number of benzene rings is 2. The van der Waals surface area contributed by atoms with E-state index in [1.165, 1.54) is 12.4 Å². The molecule has 3 heterocycles. The van der Waals surface area contributed by atoms with Gasteiger partial charge in [0.25, 0.3) is 0 Å². The lowest BCUT2D eigenvalue weighted by atomic mass is 9.75. The third kappa shape index (κ3) is 5.51. The molecule has 2 aliphatic heterocycles. The van der Waals surface area contributed by atoms with Gasteiger partial charge >= 0.3 is 6.18 Å². The molecule has 200 valence electrons. The number of amides is 1. The van der Waals surface area contributed by atoms with Crippen LogP contribution in [-0.4, -0.2) is 65.4 Å². The van der Waals surface area contributed by atoms with E-state index in [-0.39, 0.29) is 11.6 Å². The number of piperazine rings is 1. The van der Waals surface area contributed by atoms with Crippen LogP contribution in [-0.2, 0) is 29.5 Å². The number of carbonyl (C=O) groups excluding carboxylic acids is 1. The van der Waals surface area contributed by atoms with Crippen molar-refractivity contribution >= 4 is 17.3 Å². The fourth-order valence-electron chi connectivity index (χ4n) is 5.31. The molecule has 5 rings (SSSR count). The lowest BCUT2D eigenvalue weighted by molar-refractivity contribution is -0.137. The molecule has 38 heavy (non-hydrogen) atoms. The molecule has 1 aromatic heterocycles. The molecule has 7 nitrogen and oxygen atoms in total. The molecule has 0 radical (unpaired) electrons. The van der Waals surface area contributed by atoms with Gasteiger partial charge in [0, 0.05) is 51.5 Å². The van der Waals surface area contributed by atoms with Crippen molar-refractivity contribution in [1.82, 2.24) is 19.8 Å². The van der Waals surface area contributed by atoms with Crippen LogP contribution in [0.4, 0.5) is 24.5 Å². The fourth-order valence-corrected chi connectivity index (χ4v) is 5.31. The second-order valence-corrected chi connectivity index (χ2v) is 10.4. The Morgan fingerprint density at radius 3 is 2.47 bits per heavy atom. The Morgan fingerprint density at radius 1 is 1.05 bits per heavy atom. The lowest BCUT2D eigenvalue weighted by Crippen LogP contribution is -2.51. The van der Waals surface area contributed by atoms with Crippen molar-refractivity contribution in [3.05, 3.63) is 83.4 Å². The number of hydrogen-bond acceptors (Lipinski definition) is 6. The summed E-state index contributed by atoms with van der Waals surface area (Å²) in [6, 6.07) is 11.5. The van der Waals surface area contributed by atoms with Crippen molar-refractivity contribution in [3.8, 4) is 0 Å². The highest BCUT2D eigenvalue weighted by atomic mass is 19.4. The number of halogens is 3. The van der Waals surface area contributed by atoms with Crippen LogP contribution in [0, 0.1) is 0 Å². The maximum atomic E-state index is 13.9. The highest BCUT2D eigenvalue weighted by molar-refractivity contribution is 6.00. The molecule has 1 saturated heterocycles. The molecule has 1 unspecified atom stereocenters. The maximum absolute atomic E-state index is 13.9. The first kappa shape index (κ1) is 26.1. The average molecular weight is 525 g/mol. The molecule has 1 N–H and O–H groups in total. The van der Waals surface area contributed by atoms with Gasteiger partial charge in [0.2, 0.25) is 5.91 Å². The maximum Gasteiger partial charge on any atom is 0.416 e. The largest absolute Gasteiger partial charge is 0.416 e. The molecule has 0 saturated carbocycles. The second-order valence-electron chi connectivity index (χ2n) is 10.4. The van der Waals surface area contributed by atoms with Crippen LogP contribution >= 0.6 is 0 Å². The Bertz CT molecular complexity index is 1290. The SMILES string of the molecule is CN1CCN(Cc2cc(NC(=O)C3(C)CN(c4cncnc4)Cc4ccccc43)cc(C(F)(F)F)c2)CC1. The van der Waals surface area contributed by atoms with Crippen molar-refractivity contribution in [1.29, 1.82) is 0 Å². The molecule has 2 aliphatic rings. The summed E-state index contributed by atoms with van der Waals surface area (Å²) in [4.78, 5) is 28.4. The summed E-state index contributed by atoms with van der Waals surface area (Å²) in [5, 5.41) is 2.84. The minimum absolute atomic E-state index is 0.146. The van der Waals surface area contributed by atoms with Crippen LogP contribution in [0.25, 0.3) is 0 Å². The molecule has 0 bridgehead atoms. The number of carbonyl (C=O) groups is 1. The van der Waals surface area contributed by atoms with Crippen molar-refractivity contribution in [2.24, 2.45) is 0 Å². The van der Waals surface area contributed by atoms with Crippen LogP contribution in [0.1, 0.15) is 29.2 Å². The van der Waals surface area contributed by atoms with Gasteiger partial charge < -0.3 is 15.1 Å². The molecule has 1 fully saturated rings. The summed E-state index contributed by atoms with van der Waals surface area (Å²) in [5.41, 5.74) is 1.49. The van der Waals surface area contributed by atoms with Crippen molar-refractivity contribution in [3.63, 3.8) is 0 Å². The lowest BCUT2D eigenvalue weighted by Gasteiger charge is -2.41. The summed E-state index contributed by atoms with van der Waals surface area (Å²) in [7, 11) is 2.03. The van der Waals surface area contributed by atoms with Crippen LogP contribution < -0.4 is 10.2 Å². The molecule has 1 amide bonds. The molecule has 1 atom stereocenters. The Morgan fingerprint density at radius 2 is 1.76 bits per heavy atom. The van der Waals surface area contributed by atoms with Crippen molar-refractivity contribution in [2.75, 3.05) is 50.0 Å².